The van der Waals surface area contributed by atoms with Crippen LogP contribution in [0.25, 0.3) is 0 Å². The van der Waals surface area contributed by atoms with Gasteiger partial charge < -0.3 is 20.9 Å². The maximum atomic E-state index is 5.52. The molecule has 0 spiro atoms. The van der Waals surface area contributed by atoms with E-state index in [0.717, 1.165) is 36.6 Å². The molecule has 1 heterocycles. The van der Waals surface area contributed by atoms with Crippen molar-refractivity contribution in [1.29, 1.82) is 0 Å². The fourth-order valence-electron chi connectivity index (χ4n) is 3.48. The van der Waals surface area contributed by atoms with Crippen LogP contribution in [-0.4, -0.2) is 41.3 Å². The molecule has 0 amide bonds. The van der Waals surface area contributed by atoms with Gasteiger partial charge in [0.25, 0.3) is 0 Å². The highest BCUT2D eigenvalue weighted by Gasteiger charge is 2.22. The summed E-state index contributed by atoms with van der Waals surface area (Å²) in [7, 11) is 3.97. The molecule has 3 N–H and O–H groups in total. The Bertz CT molecular complexity index is 759. The van der Waals surface area contributed by atoms with Gasteiger partial charge >= 0.3 is 0 Å². The molecule has 3 rings (SSSR count). The third-order valence-corrected chi connectivity index (χ3v) is 5.38. The lowest BCUT2D eigenvalue weighted by atomic mass is 9.91. The zero-order chi connectivity index (χ0) is 19.9. The normalized spacial score (nSPS) is 20.1. The Kier molecular flexibility index (Phi) is 7.03. The Morgan fingerprint density at radius 3 is 2.43 bits per heavy atom. The SMILES string of the molecule is C[C@@H](NC(=S)N[C@H]1CC[C@@H](Nc2nccc(N(C)C)n2)CC1)c1ccccc1. The van der Waals surface area contributed by atoms with Gasteiger partial charge in [-0.15, -0.1) is 0 Å². The summed E-state index contributed by atoms with van der Waals surface area (Å²) in [6, 6.07) is 13.3. The molecule has 2 aromatic rings. The van der Waals surface area contributed by atoms with E-state index in [1.807, 2.05) is 31.1 Å². The molecule has 1 aliphatic rings. The molecule has 0 unspecified atom stereocenters. The van der Waals surface area contributed by atoms with Crippen LogP contribution in [0.2, 0.25) is 0 Å². The van der Waals surface area contributed by atoms with Crippen LogP contribution in [0.1, 0.15) is 44.2 Å². The van der Waals surface area contributed by atoms with Gasteiger partial charge in [-0.2, -0.15) is 4.98 Å². The van der Waals surface area contributed by atoms with Crippen molar-refractivity contribution in [2.75, 3.05) is 24.3 Å². The highest BCUT2D eigenvalue weighted by molar-refractivity contribution is 7.80. The van der Waals surface area contributed by atoms with Gasteiger partial charge in [0.2, 0.25) is 5.95 Å². The van der Waals surface area contributed by atoms with Crippen molar-refractivity contribution in [1.82, 2.24) is 20.6 Å². The quantitative estimate of drug-likeness (QED) is 0.644. The Morgan fingerprint density at radius 1 is 1.07 bits per heavy atom. The summed E-state index contributed by atoms with van der Waals surface area (Å²) in [6.45, 7) is 2.13. The number of nitrogens with one attached hydrogen (secondary N) is 3. The number of rotatable bonds is 6. The molecule has 1 aromatic heterocycles. The second kappa shape index (κ2) is 9.68. The van der Waals surface area contributed by atoms with Gasteiger partial charge in [0, 0.05) is 32.4 Å². The lowest BCUT2D eigenvalue weighted by molar-refractivity contribution is 0.384. The first kappa shape index (κ1) is 20.3. The van der Waals surface area contributed by atoms with Gasteiger partial charge in [-0.25, -0.2) is 4.98 Å². The predicted octanol–water partition coefficient (Wildman–Crippen LogP) is 3.49. The van der Waals surface area contributed by atoms with E-state index >= 15 is 0 Å². The molecular formula is C21H30N6S. The molecule has 7 heteroatoms. The molecule has 1 aromatic carbocycles. The van der Waals surface area contributed by atoms with E-state index in [-0.39, 0.29) is 6.04 Å². The van der Waals surface area contributed by atoms with Crippen LogP contribution in [0.3, 0.4) is 0 Å². The van der Waals surface area contributed by atoms with Crippen molar-refractivity contribution in [2.24, 2.45) is 0 Å². The summed E-state index contributed by atoms with van der Waals surface area (Å²) >= 11 is 5.52. The molecule has 1 aliphatic carbocycles. The Labute approximate surface area is 173 Å². The highest BCUT2D eigenvalue weighted by Crippen LogP contribution is 2.22. The predicted molar refractivity (Wildman–Crippen MR) is 120 cm³/mol. The number of nitrogens with zero attached hydrogens (tertiary/aromatic N) is 3. The summed E-state index contributed by atoms with van der Waals surface area (Å²) < 4.78 is 0. The summed E-state index contributed by atoms with van der Waals surface area (Å²) in [5.74, 6) is 1.62. The van der Waals surface area contributed by atoms with E-state index in [1.54, 1.807) is 6.20 Å². The van der Waals surface area contributed by atoms with Crippen molar-refractivity contribution in [3.05, 3.63) is 48.2 Å². The van der Waals surface area contributed by atoms with Crippen LogP contribution in [0.15, 0.2) is 42.6 Å². The number of thiocarbonyl (C=S) groups is 1. The molecular weight excluding hydrogens is 368 g/mol. The molecule has 0 radical (unpaired) electrons. The molecule has 1 atom stereocenters. The molecule has 150 valence electrons. The lowest BCUT2D eigenvalue weighted by Crippen LogP contribution is -2.45. The molecule has 1 saturated carbocycles. The third-order valence-electron chi connectivity index (χ3n) is 5.14. The molecule has 28 heavy (non-hydrogen) atoms. The van der Waals surface area contributed by atoms with Crippen LogP contribution in [-0.2, 0) is 0 Å². The van der Waals surface area contributed by atoms with Gasteiger partial charge in [0.1, 0.15) is 5.82 Å². The number of benzene rings is 1. The summed E-state index contributed by atoms with van der Waals surface area (Å²) in [6.07, 6.45) is 6.10. The first-order valence-electron chi connectivity index (χ1n) is 9.90. The van der Waals surface area contributed by atoms with Crippen LogP contribution in [0.4, 0.5) is 11.8 Å². The fraction of sp³-hybridized carbons (Fsp3) is 0.476. The maximum absolute atomic E-state index is 5.52. The second-order valence-corrected chi connectivity index (χ2v) is 7.98. The highest BCUT2D eigenvalue weighted by atomic mass is 32.1. The molecule has 1 fully saturated rings. The van der Waals surface area contributed by atoms with Crippen LogP contribution in [0, 0.1) is 0 Å². The van der Waals surface area contributed by atoms with Gasteiger partial charge in [-0.1, -0.05) is 30.3 Å². The van der Waals surface area contributed by atoms with Crippen molar-refractivity contribution in [3.8, 4) is 0 Å². The van der Waals surface area contributed by atoms with E-state index in [1.165, 1.54) is 5.56 Å². The molecule has 6 nitrogen and oxygen atoms in total. The zero-order valence-corrected chi connectivity index (χ0v) is 17.7. The largest absolute Gasteiger partial charge is 0.363 e. The van der Waals surface area contributed by atoms with E-state index in [9.17, 15) is 0 Å². The number of hydrogen-bond acceptors (Lipinski definition) is 5. The number of hydrogen-bond donors (Lipinski definition) is 3. The number of anilines is 2. The molecule has 0 aliphatic heterocycles. The van der Waals surface area contributed by atoms with Crippen LogP contribution < -0.4 is 20.9 Å². The smallest absolute Gasteiger partial charge is 0.224 e. The van der Waals surface area contributed by atoms with E-state index in [2.05, 4.69) is 57.1 Å². The van der Waals surface area contributed by atoms with Gasteiger partial charge in [-0.05, 0) is 56.5 Å². The average molecular weight is 399 g/mol. The first-order valence-corrected chi connectivity index (χ1v) is 10.3. The minimum absolute atomic E-state index is 0.195. The zero-order valence-electron chi connectivity index (χ0n) is 16.9. The van der Waals surface area contributed by atoms with Crippen LogP contribution in [0.5, 0.6) is 0 Å². The Hall–Kier alpha value is -2.41. The number of aromatic nitrogens is 2. The monoisotopic (exact) mass is 398 g/mol. The minimum Gasteiger partial charge on any atom is -0.363 e. The topological polar surface area (TPSA) is 65.1 Å². The van der Waals surface area contributed by atoms with E-state index in [0.29, 0.717) is 18.0 Å². The standard InChI is InChI=1S/C21H30N6S/c1-15(16-7-5-4-6-8-16)23-21(28)25-18-11-9-17(10-12-18)24-20-22-14-13-19(26-20)27(2)3/h4-8,13-15,17-18H,9-12H2,1-3H3,(H,22,24,26)(H2,23,25,28)/t15-,17-,18+/m1/s1. The second-order valence-electron chi connectivity index (χ2n) is 7.58. The Balaban J connectivity index is 1.42. The maximum Gasteiger partial charge on any atom is 0.224 e. The fourth-order valence-corrected chi connectivity index (χ4v) is 3.82. The average Bonchev–Trinajstić information content (AvgIpc) is 2.70. The Morgan fingerprint density at radius 2 is 1.75 bits per heavy atom. The summed E-state index contributed by atoms with van der Waals surface area (Å²) in [5, 5.41) is 11.1. The summed E-state index contributed by atoms with van der Waals surface area (Å²) in [5.41, 5.74) is 1.24. The van der Waals surface area contributed by atoms with Gasteiger partial charge in [0.15, 0.2) is 5.11 Å². The van der Waals surface area contributed by atoms with Crippen molar-refractivity contribution in [2.45, 2.75) is 50.7 Å². The van der Waals surface area contributed by atoms with E-state index < -0.39 is 0 Å². The first-order chi connectivity index (χ1) is 13.5. The summed E-state index contributed by atoms with van der Waals surface area (Å²) in [4.78, 5) is 10.9. The van der Waals surface area contributed by atoms with Gasteiger partial charge in [-0.3, -0.25) is 0 Å². The van der Waals surface area contributed by atoms with E-state index in [4.69, 9.17) is 12.2 Å². The van der Waals surface area contributed by atoms with Gasteiger partial charge in [0.05, 0.1) is 6.04 Å². The van der Waals surface area contributed by atoms with Crippen molar-refractivity contribution >= 4 is 29.1 Å². The molecule has 0 bridgehead atoms. The lowest BCUT2D eigenvalue weighted by Gasteiger charge is -2.31. The molecule has 0 saturated heterocycles. The third kappa shape index (κ3) is 5.79. The minimum atomic E-state index is 0.195. The van der Waals surface area contributed by atoms with Crippen molar-refractivity contribution < 1.29 is 0 Å². The van der Waals surface area contributed by atoms with Crippen molar-refractivity contribution in [3.63, 3.8) is 0 Å². The van der Waals surface area contributed by atoms with Crippen LogP contribution >= 0.6 is 12.2 Å².